The summed E-state index contributed by atoms with van der Waals surface area (Å²) in [4.78, 5) is 2.56. The molecule has 1 heterocycles. The summed E-state index contributed by atoms with van der Waals surface area (Å²) < 4.78 is 5.47. The minimum atomic E-state index is -1.46. The van der Waals surface area contributed by atoms with Gasteiger partial charge in [-0.3, -0.25) is 0 Å². The second kappa shape index (κ2) is 7.47. The average Bonchev–Trinajstić information content (AvgIpc) is 2.62. The lowest BCUT2D eigenvalue weighted by Crippen LogP contribution is -2.54. The molecule has 0 saturated carbocycles. The zero-order valence-electron chi connectivity index (χ0n) is 14.8. The van der Waals surface area contributed by atoms with E-state index in [4.69, 9.17) is 4.74 Å². The Morgan fingerprint density at radius 2 is 1.54 bits per heavy atom. The van der Waals surface area contributed by atoms with E-state index in [0.717, 1.165) is 31.9 Å². The predicted molar refractivity (Wildman–Crippen MR) is 105 cm³/mol. The van der Waals surface area contributed by atoms with Gasteiger partial charge in [-0.2, -0.15) is 0 Å². The first-order valence-corrected chi connectivity index (χ1v) is 11.9. The van der Waals surface area contributed by atoms with Gasteiger partial charge in [-0.15, -0.1) is 0 Å². The lowest BCUT2D eigenvalue weighted by Gasteiger charge is -2.34. The average molecular weight is 338 g/mol. The maximum absolute atomic E-state index is 5.47. The molecule has 0 radical (unpaired) electrons. The van der Waals surface area contributed by atoms with Crippen molar-refractivity contribution in [2.45, 2.75) is 13.1 Å². The van der Waals surface area contributed by atoms with Crippen LogP contribution >= 0.6 is 0 Å². The first kappa shape index (κ1) is 17.2. The van der Waals surface area contributed by atoms with E-state index in [-0.39, 0.29) is 0 Å². The van der Waals surface area contributed by atoms with Crippen molar-refractivity contribution >= 4 is 18.8 Å². The third-order valence-corrected chi connectivity index (χ3v) is 7.99. The Morgan fingerprint density at radius 3 is 2.17 bits per heavy atom. The van der Waals surface area contributed by atoms with E-state index in [0.29, 0.717) is 0 Å². The van der Waals surface area contributed by atoms with Crippen LogP contribution in [0.5, 0.6) is 0 Å². The second-order valence-corrected chi connectivity index (χ2v) is 11.9. The first-order chi connectivity index (χ1) is 11.6. The fraction of sp³-hybridized carbons (Fsp3) is 0.333. The largest absolute Gasteiger partial charge is 0.379 e. The molecule has 0 aliphatic carbocycles. The molecule has 1 aliphatic rings. The lowest BCUT2D eigenvalue weighted by molar-refractivity contribution is 0.0457. The van der Waals surface area contributed by atoms with Gasteiger partial charge in [-0.05, 0) is 22.9 Å². The standard InChI is InChI=1S/C21H27NOSi/c1-18(19-7-5-4-6-8-19)20-9-11-21(12-10-20)24(2,3)17-22-13-15-23-16-14-22/h4-12H,1,13-17H2,2-3H3. The Kier molecular flexibility index (Phi) is 5.34. The molecule has 0 amide bonds. The molecule has 1 aliphatic heterocycles. The molecule has 1 fully saturated rings. The van der Waals surface area contributed by atoms with E-state index in [1.807, 2.05) is 6.07 Å². The van der Waals surface area contributed by atoms with E-state index in [1.165, 1.54) is 22.5 Å². The van der Waals surface area contributed by atoms with Gasteiger partial charge in [-0.1, -0.05) is 79.5 Å². The third kappa shape index (κ3) is 4.04. The summed E-state index contributed by atoms with van der Waals surface area (Å²) >= 11 is 0. The topological polar surface area (TPSA) is 12.5 Å². The molecule has 0 spiro atoms. The maximum atomic E-state index is 5.47. The molecule has 2 aromatic rings. The quantitative estimate of drug-likeness (QED) is 0.774. The Bertz CT molecular complexity index is 673. The van der Waals surface area contributed by atoms with Gasteiger partial charge in [0.1, 0.15) is 0 Å². The number of hydrogen-bond acceptors (Lipinski definition) is 2. The highest BCUT2D eigenvalue weighted by molar-refractivity contribution is 6.90. The van der Waals surface area contributed by atoms with Crippen LogP contribution in [0.15, 0.2) is 61.2 Å². The molecule has 2 aromatic carbocycles. The van der Waals surface area contributed by atoms with Gasteiger partial charge < -0.3 is 9.64 Å². The van der Waals surface area contributed by atoms with Crippen molar-refractivity contribution in [2.75, 3.05) is 32.5 Å². The summed E-state index contributed by atoms with van der Waals surface area (Å²) in [6.45, 7) is 13.1. The van der Waals surface area contributed by atoms with Crippen LogP contribution in [-0.4, -0.2) is 45.4 Å². The fourth-order valence-electron chi connectivity index (χ4n) is 3.34. The van der Waals surface area contributed by atoms with Gasteiger partial charge in [0.25, 0.3) is 0 Å². The van der Waals surface area contributed by atoms with Gasteiger partial charge in [0.15, 0.2) is 0 Å². The van der Waals surface area contributed by atoms with Crippen molar-refractivity contribution in [3.8, 4) is 0 Å². The Balaban J connectivity index is 1.72. The summed E-state index contributed by atoms with van der Waals surface area (Å²) in [7, 11) is -1.46. The van der Waals surface area contributed by atoms with Crippen molar-refractivity contribution in [1.29, 1.82) is 0 Å². The first-order valence-electron chi connectivity index (χ1n) is 8.72. The zero-order chi connectivity index (χ0) is 17.0. The van der Waals surface area contributed by atoms with E-state index in [1.54, 1.807) is 0 Å². The van der Waals surface area contributed by atoms with E-state index in [9.17, 15) is 0 Å². The molecule has 1 saturated heterocycles. The highest BCUT2D eigenvalue weighted by Crippen LogP contribution is 2.21. The molecule has 24 heavy (non-hydrogen) atoms. The van der Waals surface area contributed by atoms with Crippen molar-refractivity contribution in [3.63, 3.8) is 0 Å². The summed E-state index contributed by atoms with van der Waals surface area (Å²) in [5.41, 5.74) is 3.49. The molecular weight excluding hydrogens is 310 g/mol. The molecule has 0 unspecified atom stereocenters. The Labute approximate surface area is 146 Å². The number of nitrogens with zero attached hydrogens (tertiary/aromatic N) is 1. The highest BCUT2D eigenvalue weighted by Gasteiger charge is 2.27. The predicted octanol–water partition coefficient (Wildman–Crippen LogP) is 3.53. The minimum absolute atomic E-state index is 0.875. The molecule has 3 rings (SSSR count). The second-order valence-electron chi connectivity index (χ2n) is 7.19. The van der Waals surface area contributed by atoms with Gasteiger partial charge in [0.2, 0.25) is 0 Å². The smallest absolute Gasteiger partial charge is 0.0948 e. The molecular formula is C21H27NOSi. The minimum Gasteiger partial charge on any atom is -0.379 e. The molecule has 0 aromatic heterocycles. The van der Waals surface area contributed by atoms with Crippen molar-refractivity contribution in [3.05, 3.63) is 72.3 Å². The highest BCUT2D eigenvalue weighted by atomic mass is 28.3. The van der Waals surface area contributed by atoms with Crippen molar-refractivity contribution in [1.82, 2.24) is 4.90 Å². The fourth-order valence-corrected chi connectivity index (χ4v) is 6.02. The van der Waals surface area contributed by atoms with Crippen LogP contribution in [0, 0.1) is 0 Å². The van der Waals surface area contributed by atoms with Crippen LogP contribution in [0.4, 0.5) is 0 Å². The molecule has 0 atom stereocenters. The van der Waals surface area contributed by atoms with Crippen LogP contribution in [0.3, 0.4) is 0 Å². The normalized spacial score (nSPS) is 16.1. The molecule has 0 N–H and O–H groups in total. The molecule has 126 valence electrons. The number of rotatable bonds is 5. The van der Waals surface area contributed by atoms with Crippen LogP contribution in [0.2, 0.25) is 13.1 Å². The van der Waals surface area contributed by atoms with Crippen molar-refractivity contribution < 1.29 is 4.74 Å². The van der Waals surface area contributed by atoms with Gasteiger partial charge in [0, 0.05) is 13.1 Å². The summed E-state index contributed by atoms with van der Waals surface area (Å²) in [6, 6.07) is 19.5. The summed E-state index contributed by atoms with van der Waals surface area (Å²) in [5, 5.41) is 1.51. The van der Waals surface area contributed by atoms with Gasteiger partial charge in [-0.25, -0.2) is 0 Å². The molecule has 3 heteroatoms. The van der Waals surface area contributed by atoms with Crippen LogP contribution in [-0.2, 0) is 4.74 Å². The third-order valence-electron chi connectivity index (χ3n) is 4.86. The monoisotopic (exact) mass is 337 g/mol. The molecule has 0 bridgehead atoms. The van der Waals surface area contributed by atoms with Crippen molar-refractivity contribution in [2.24, 2.45) is 0 Å². The maximum Gasteiger partial charge on any atom is 0.0948 e. The van der Waals surface area contributed by atoms with Crippen LogP contribution in [0.1, 0.15) is 11.1 Å². The number of morpholine rings is 1. The van der Waals surface area contributed by atoms with Gasteiger partial charge >= 0.3 is 0 Å². The number of ether oxygens (including phenoxy) is 1. The Morgan fingerprint density at radius 1 is 0.958 bits per heavy atom. The summed E-state index contributed by atoms with van der Waals surface area (Å²) in [5.74, 6) is 0. The van der Waals surface area contributed by atoms with E-state index < -0.39 is 8.07 Å². The van der Waals surface area contributed by atoms with E-state index in [2.05, 4.69) is 73.1 Å². The zero-order valence-corrected chi connectivity index (χ0v) is 15.8. The number of hydrogen-bond donors (Lipinski definition) is 0. The van der Waals surface area contributed by atoms with E-state index >= 15 is 0 Å². The summed E-state index contributed by atoms with van der Waals surface area (Å²) in [6.07, 6.45) is 1.20. The lowest BCUT2D eigenvalue weighted by atomic mass is 10.00. The van der Waals surface area contributed by atoms with Crippen LogP contribution in [0.25, 0.3) is 5.57 Å². The Hall–Kier alpha value is -1.68. The number of benzene rings is 2. The molecule has 2 nitrogen and oxygen atoms in total. The van der Waals surface area contributed by atoms with Crippen LogP contribution < -0.4 is 5.19 Å². The van der Waals surface area contributed by atoms with Gasteiger partial charge in [0.05, 0.1) is 21.3 Å². The SMILES string of the molecule is C=C(c1ccccc1)c1ccc([Si](C)(C)CN2CCOCC2)cc1.